The predicted octanol–water partition coefficient (Wildman–Crippen LogP) is 4.42. The number of nitrogens with one attached hydrogen (secondary N) is 2. The van der Waals surface area contributed by atoms with Crippen LogP contribution in [0.3, 0.4) is 0 Å². The molecule has 6 rings (SSSR count). The van der Waals surface area contributed by atoms with Crippen LogP contribution in [-0.2, 0) is 0 Å². The molecule has 0 aliphatic carbocycles. The highest BCUT2D eigenvalue weighted by molar-refractivity contribution is 5.91. The van der Waals surface area contributed by atoms with Gasteiger partial charge in [0.05, 0.1) is 5.52 Å². The number of para-hydroxylation sites is 1. The molecule has 32 heavy (non-hydrogen) atoms. The van der Waals surface area contributed by atoms with Crippen molar-refractivity contribution in [2.45, 2.75) is 31.5 Å². The first-order valence-corrected chi connectivity index (χ1v) is 11.3. The summed E-state index contributed by atoms with van der Waals surface area (Å²) in [6.45, 7) is 4.17. The SMILES string of the molecule is CC(Nc1cc(-c2nc(N3CC4C[C@H]3CN4)c3ccccc3n2)ccn1)c1ccccc1. The van der Waals surface area contributed by atoms with Crippen molar-refractivity contribution in [1.29, 1.82) is 0 Å². The minimum absolute atomic E-state index is 0.152. The van der Waals surface area contributed by atoms with E-state index in [2.05, 4.69) is 69.9 Å². The fraction of sp³-hybridized carbons (Fsp3) is 0.269. The summed E-state index contributed by atoms with van der Waals surface area (Å²) in [5.74, 6) is 2.61. The van der Waals surface area contributed by atoms with Crippen LogP contribution in [0.25, 0.3) is 22.3 Å². The van der Waals surface area contributed by atoms with Gasteiger partial charge in [-0.3, -0.25) is 0 Å². The van der Waals surface area contributed by atoms with Crippen LogP contribution in [0.4, 0.5) is 11.6 Å². The second-order valence-corrected chi connectivity index (χ2v) is 8.74. The summed E-state index contributed by atoms with van der Waals surface area (Å²) in [7, 11) is 0. The number of hydrogen-bond donors (Lipinski definition) is 2. The van der Waals surface area contributed by atoms with Gasteiger partial charge in [0.15, 0.2) is 5.82 Å². The summed E-state index contributed by atoms with van der Waals surface area (Å²) in [5.41, 5.74) is 3.17. The molecule has 2 aliphatic rings. The number of anilines is 2. The molecule has 6 heteroatoms. The number of rotatable bonds is 5. The molecule has 2 unspecified atom stereocenters. The molecule has 4 aromatic rings. The van der Waals surface area contributed by atoms with Gasteiger partial charge in [0.25, 0.3) is 0 Å². The third kappa shape index (κ3) is 3.46. The minimum Gasteiger partial charge on any atom is -0.364 e. The van der Waals surface area contributed by atoms with Gasteiger partial charge in [-0.1, -0.05) is 42.5 Å². The zero-order valence-corrected chi connectivity index (χ0v) is 18.1. The van der Waals surface area contributed by atoms with Crippen LogP contribution in [0.1, 0.15) is 24.9 Å². The molecule has 3 atom stereocenters. The van der Waals surface area contributed by atoms with Gasteiger partial charge < -0.3 is 15.5 Å². The smallest absolute Gasteiger partial charge is 0.162 e. The number of piperazine rings is 1. The number of pyridine rings is 1. The van der Waals surface area contributed by atoms with E-state index in [9.17, 15) is 0 Å². The van der Waals surface area contributed by atoms with E-state index < -0.39 is 0 Å². The molecule has 0 amide bonds. The maximum Gasteiger partial charge on any atom is 0.162 e. The van der Waals surface area contributed by atoms with E-state index in [1.54, 1.807) is 0 Å². The summed E-state index contributed by atoms with van der Waals surface area (Å²) in [5, 5.41) is 8.22. The Labute approximate surface area is 187 Å². The second-order valence-electron chi connectivity index (χ2n) is 8.74. The number of hydrogen-bond acceptors (Lipinski definition) is 6. The largest absolute Gasteiger partial charge is 0.364 e. The first-order chi connectivity index (χ1) is 15.7. The first kappa shape index (κ1) is 19.2. The third-order valence-corrected chi connectivity index (χ3v) is 6.59. The van der Waals surface area contributed by atoms with Crippen LogP contribution in [0.2, 0.25) is 0 Å². The molecule has 0 radical (unpaired) electrons. The second kappa shape index (κ2) is 7.88. The van der Waals surface area contributed by atoms with Crippen LogP contribution in [0.15, 0.2) is 72.9 Å². The molecule has 0 saturated carbocycles. The summed E-state index contributed by atoms with van der Waals surface area (Å²) in [6, 6.07) is 24.0. The lowest BCUT2D eigenvalue weighted by atomic mass is 10.1. The van der Waals surface area contributed by atoms with Gasteiger partial charge in [0, 0.05) is 48.4 Å². The molecule has 4 heterocycles. The molecule has 2 aliphatic heterocycles. The van der Waals surface area contributed by atoms with Crippen molar-refractivity contribution in [2.75, 3.05) is 23.3 Å². The van der Waals surface area contributed by atoms with Crippen LogP contribution < -0.4 is 15.5 Å². The Morgan fingerprint density at radius 2 is 1.88 bits per heavy atom. The van der Waals surface area contributed by atoms with Crippen LogP contribution in [-0.4, -0.2) is 40.1 Å². The Bertz CT molecular complexity index is 1260. The summed E-state index contributed by atoms with van der Waals surface area (Å²) < 4.78 is 0. The zero-order chi connectivity index (χ0) is 21.5. The normalized spacial score (nSPS) is 20.6. The lowest BCUT2D eigenvalue weighted by Crippen LogP contribution is -2.44. The molecule has 2 saturated heterocycles. The fourth-order valence-corrected chi connectivity index (χ4v) is 4.92. The molecular weight excluding hydrogens is 396 g/mol. The Hall–Kier alpha value is -3.51. The molecule has 2 aromatic heterocycles. The molecule has 160 valence electrons. The van der Waals surface area contributed by atoms with E-state index in [4.69, 9.17) is 9.97 Å². The standard InChI is InChI=1S/C26H26N6/c1-17(18-7-3-2-4-8-18)29-24-13-19(11-12-27-24)25-30-23-10-6-5-9-22(23)26(31-25)32-16-20-14-21(32)15-28-20/h2-13,17,20-21,28H,14-16H2,1H3,(H,27,29)/t17?,20?,21-/m0/s1. The van der Waals surface area contributed by atoms with E-state index >= 15 is 0 Å². The summed E-state index contributed by atoms with van der Waals surface area (Å²) >= 11 is 0. The Morgan fingerprint density at radius 1 is 1.03 bits per heavy atom. The number of benzene rings is 2. The molecule has 2 N–H and O–H groups in total. The predicted molar refractivity (Wildman–Crippen MR) is 129 cm³/mol. The number of nitrogens with zero attached hydrogens (tertiary/aromatic N) is 4. The van der Waals surface area contributed by atoms with Crippen LogP contribution in [0, 0.1) is 0 Å². The molecule has 2 fully saturated rings. The Balaban J connectivity index is 1.36. The molecule has 0 spiro atoms. The van der Waals surface area contributed by atoms with Crippen molar-refractivity contribution in [3.63, 3.8) is 0 Å². The maximum absolute atomic E-state index is 5.08. The highest BCUT2D eigenvalue weighted by atomic mass is 15.3. The minimum atomic E-state index is 0.152. The Morgan fingerprint density at radius 3 is 2.69 bits per heavy atom. The highest BCUT2D eigenvalue weighted by Crippen LogP contribution is 2.34. The summed E-state index contributed by atoms with van der Waals surface area (Å²) in [4.78, 5) is 17.0. The number of aromatic nitrogens is 3. The van der Waals surface area contributed by atoms with Gasteiger partial charge in [-0.25, -0.2) is 15.0 Å². The van der Waals surface area contributed by atoms with Gasteiger partial charge in [0.2, 0.25) is 0 Å². The zero-order valence-electron chi connectivity index (χ0n) is 18.1. The third-order valence-electron chi connectivity index (χ3n) is 6.59. The lowest BCUT2D eigenvalue weighted by molar-refractivity contribution is 0.577. The highest BCUT2D eigenvalue weighted by Gasteiger charge is 2.39. The molecule has 2 aromatic carbocycles. The topological polar surface area (TPSA) is 66.0 Å². The van der Waals surface area contributed by atoms with E-state index in [1.165, 1.54) is 12.0 Å². The van der Waals surface area contributed by atoms with E-state index in [0.717, 1.165) is 47.0 Å². The molecule has 6 nitrogen and oxygen atoms in total. The van der Waals surface area contributed by atoms with Gasteiger partial charge in [0.1, 0.15) is 11.6 Å². The lowest BCUT2D eigenvalue weighted by Gasteiger charge is -2.29. The summed E-state index contributed by atoms with van der Waals surface area (Å²) in [6.07, 6.45) is 3.02. The van der Waals surface area contributed by atoms with Crippen LogP contribution >= 0.6 is 0 Å². The molecular formula is C26H26N6. The van der Waals surface area contributed by atoms with Crippen molar-refractivity contribution in [1.82, 2.24) is 20.3 Å². The monoisotopic (exact) mass is 422 g/mol. The fourth-order valence-electron chi connectivity index (χ4n) is 4.92. The van der Waals surface area contributed by atoms with Crippen molar-refractivity contribution >= 4 is 22.5 Å². The van der Waals surface area contributed by atoms with Crippen LogP contribution in [0.5, 0.6) is 0 Å². The number of fused-ring (bicyclic) bond motifs is 3. The average Bonchev–Trinajstić information content (AvgIpc) is 3.48. The van der Waals surface area contributed by atoms with E-state index in [0.29, 0.717) is 12.1 Å². The van der Waals surface area contributed by atoms with Gasteiger partial charge >= 0.3 is 0 Å². The van der Waals surface area contributed by atoms with Gasteiger partial charge in [-0.2, -0.15) is 0 Å². The molecule has 2 bridgehead atoms. The van der Waals surface area contributed by atoms with Crippen molar-refractivity contribution in [2.24, 2.45) is 0 Å². The quantitative estimate of drug-likeness (QED) is 0.497. The van der Waals surface area contributed by atoms with E-state index in [1.807, 2.05) is 30.5 Å². The van der Waals surface area contributed by atoms with Gasteiger partial charge in [-0.05, 0) is 43.2 Å². The van der Waals surface area contributed by atoms with Gasteiger partial charge in [-0.15, -0.1) is 0 Å². The Kier molecular flexibility index (Phi) is 4.72. The van der Waals surface area contributed by atoms with Crippen molar-refractivity contribution in [3.05, 3.63) is 78.5 Å². The first-order valence-electron chi connectivity index (χ1n) is 11.3. The van der Waals surface area contributed by atoms with Crippen molar-refractivity contribution < 1.29 is 0 Å². The van der Waals surface area contributed by atoms with E-state index in [-0.39, 0.29) is 6.04 Å². The maximum atomic E-state index is 5.08. The average molecular weight is 423 g/mol. The van der Waals surface area contributed by atoms with Crippen molar-refractivity contribution in [3.8, 4) is 11.4 Å².